The van der Waals surface area contributed by atoms with Gasteiger partial charge in [-0.3, -0.25) is 0 Å². The van der Waals surface area contributed by atoms with Crippen molar-refractivity contribution in [2.24, 2.45) is 5.73 Å². The van der Waals surface area contributed by atoms with E-state index in [0.717, 1.165) is 17.9 Å². The Labute approximate surface area is 112 Å². The van der Waals surface area contributed by atoms with Gasteiger partial charge in [0, 0.05) is 17.8 Å². The average Bonchev–Trinajstić information content (AvgIpc) is 2.75. The Kier molecular flexibility index (Phi) is 4.33. The van der Waals surface area contributed by atoms with Crippen molar-refractivity contribution in [3.05, 3.63) is 45.4 Å². The van der Waals surface area contributed by atoms with Crippen molar-refractivity contribution in [3.63, 3.8) is 0 Å². The van der Waals surface area contributed by atoms with Crippen LogP contribution in [0.4, 0.5) is 0 Å². The van der Waals surface area contributed by atoms with Crippen LogP contribution >= 0.6 is 11.3 Å². The van der Waals surface area contributed by atoms with Crippen LogP contribution in [0.2, 0.25) is 0 Å². The number of thiazole rings is 1. The van der Waals surface area contributed by atoms with Gasteiger partial charge in [0.15, 0.2) is 0 Å². The minimum absolute atomic E-state index is 0.576. The normalized spacial score (nSPS) is 10.6. The Morgan fingerprint density at radius 2 is 2.17 bits per heavy atom. The van der Waals surface area contributed by atoms with Gasteiger partial charge in [-0.05, 0) is 37.1 Å². The molecule has 18 heavy (non-hydrogen) atoms. The van der Waals surface area contributed by atoms with Gasteiger partial charge in [0.25, 0.3) is 0 Å². The van der Waals surface area contributed by atoms with E-state index >= 15 is 0 Å². The molecule has 0 bridgehead atoms. The maximum atomic E-state index is 5.75. The van der Waals surface area contributed by atoms with Crippen LogP contribution in [-0.2, 0) is 13.0 Å². The van der Waals surface area contributed by atoms with Crippen molar-refractivity contribution >= 4 is 11.3 Å². The summed E-state index contributed by atoms with van der Waals surface area (Å²) in [5, 5.41) is 0. The largest absolute Gasteiger partial charge is 0.493 e. The number of hydrogen-bond acceptors (Lipinski definition) is 4. The smallest absolute Gasteiger partial charge is 0.119 e. The summed E-state index contributed by atoms with van der Waals surface area (Å²) < 4.78 is 5.75. The molecular weight excluding hydrogens is 244 g/mol. The second-order valence-corrected chi connectivity index (χ2v) is 5.19. The topological polar surface area (TPSA) is 48.1 Å². The summed E-state index contributed by atoms with van der Waals surface area (Å²) >= 11 is 1.69. The van der Waals surface area contributed by atoms with Gasteiger partial charge >= 0.3 is 0 Å². The minimum Gasteiger partial charge on any atom is -0.493 e. The van der Waals surface area contributed by atoms with E-state index in [0.29, 0.717) is 13.2 Å². The highest BCUT2D eigenvalue weighted by molar-refractivity contribution is 7.09. The third-order valence-electron chi connectivity index (χ3n) is 2.98. The number of aryl methyl sites for hydroxylation is 2. The molecule has 1 heterocycles. The molecule has 0 saturated heterocycles. The van der Waals surface area contributed by atoms with Crippen LogP contribution in [0.5, 0.6) is 5.75 Å². The Bertz CT molecular complexity index is 522. The van der Waals surface area contributed by atoms with Gasteiger partial charge in [-0.2, -0.15) is 0 Å². The molecule has 96 valence electrons. The summed E-state index contributed by atoms with van der Waals surface area (Å²) in [6, 6.07) is 6.05. The van der Waals surface area contributed by atoms with E-state index in [1.54, 1.807) is 11.3 Å². The summed E-state index contributed by atoms with van der Waals surface area (Å²) in [5.41, 5.74) is 11.0. The molecular formula is C14H18N2OS. The predicted octanol–water partition coefficient (Wildman–Crippen LogP) is 2.84. The first-order chi connectivity index (χ1) is 8.70. The van der Waals surface area contributed by atoms with Crippen molar-refractivity contribution in [1.29, 1.82) is 0 Å². The van der Waals surface area contributed by atoms with Gasteiger partial charge in [-0.15, -0.1) is 11.3 Å². The standard InChI is InChI=1S/C14H18N2OS/c1-10-7-13(4-3-12(10)8-15)17-6-5-14-11(2)16-9-18-14/h3-4,7,9H,5-6,8,15H2,1-2H3. The molecule has 0 saturated carbocycles. The number of aromatic nitrogens is 1. The van der Waals surface area contributed by atoms with Crippen molar-refractivity contribution in [3.8, 4) is 5.75 Å². The van der Waals surface area contributed by atoms with E-state index in [-0.39, 0.29) is 0 Å². The molecule has 1 aromatic heterocycles. The Morgan fingerprint density at radius 3 is 2.78 bits per heavy atom. The molecule has 0 aliphatic heterocycles. The zero-order chi connectivity index (χ0) is 13.0. The second-order valence-electron chi connectivity index (χ2n) is 4.25. The summed E-state index contributed by atoms with van der Waals surface area (Å²) in [6.45, 7) is 5.35. The highest BCUT2D eigenvalue weighted by Crippen LogP contribution is 2.18. The van der Waals surface area contributed by atoms with Crippen LogP contribution in [0.25, 0.3) is 0 Å². The van der Waals surface area contributed by atoms with Crippen molar-refractivity contribution in [1.82, 2.24) is 4.98 Å². The van der Waals surface area contributed by atoms with Gasteiger partial charge in [0.05, 0.1) is 17.8 Å². The third kappa shape index (κ3) is 3.09. The van der Waals surface area contributed by atoms with Crippen LogP contribution in [-0.4, -0.2) is 11.6 Å². The lowest BCUT2D eigenvalue weighted by atomic mass is 10.1. The number of benzene rings is 1. The molecule has 1 aromatic carbocycles. The molecule has 0 fully saturated rings. The SMILES string of the molecule is Cc1cc(OCCc2scnc2C)ccc1CN. The fourth-order valence-electron chi connectivity index (χ4n) is 1.81. The van der Waals surface area contributed by atoms with Gasteiger partial charge in [-0.1, -0.05) is 6.07 Å². The molecule has 2 N–H and O–H groups in total. The predicted molar refractivity (Wildman–Crippen MR) is 75.1 cm³/mol. The number of hydrogen-bond donors (Lipinski definition) is 1. The fourth-order valence-corrected chi connectivity index (χ4v) is 2.58. The van der Waals surface area contributed by atoms with Gasteiger partial charge in [0.1, 0.15) is 5.75 Å². The van der Waals surface area contributed by atoms with Gasteiger partial charge < -0.3 is 10.5 Å². The summed E-state index contributed by atoms with van der Waals surface area (Å²) in [5.74, 6) is 0.909. The van der Waals surface area contributed by atoms with Crippen LogP contribution < -0.4 is 10.5 Å². The lowest BCUT2D eigenvalue weighted by Gasteiger charge is -2.08. The molecule has 0 spiro atoms. The van der Waals surface area contributed by atoms with Crippen LogP contribution in [0.3, 0.4) is 0 Å². The van der Waals surface area contributed by atoms with Crippen molar-refractivity contribution < 1.29 is 4.74 Å². The van der Waals surface area contributed by atoms with Gasteiger partial charge in [0.2, 0.25) is 0 Å². The maximum absolute atomic E-state index is 5.75. The summed E-state index contributed by atoms with van der Waals surface area (Å²) in [4.78, 5) is 5.52. The number of nitrogens with two attached hydrogens (primary N) is 1. The van der Waals surface area contributed by atoms with E-state index in [1.807, 2.05) is 30.6 Å². The highest BCUT2D eigenvalue weighted by Gasteiger charge is 2.03. The molecule has 2 rings (SSSR count). The number of nitrogens with zero attached hydrogens (tertiary/aromatic N) is 1. The second kappa shape index (κ2) is 5.98. The highest BCUT2D eigenvalue weighted by atomic mass is 32.1. The van der Waals surface area contributed by atoms with E-state index in [2.05, 4.69) is 11.9 Å². The lowest BCUT2D eigenvalue weighted by Crippen LogP contribution is -2.03. The lowest BCUT2D eigenvalue weighted by molar-refractivity contribution is 0.322. The van der Waals surface area contributed by atoms with Gasteiger partial charge in [-0.25, -0.2) is 4.98 Å². The minimum atomic E-state index is 0.576. The fraction of sp³-hybridized carbons (Fsp3) is 0.357. The van der Waals surface area contributed by atoms with Crippen LogP contribution in [0.15, 0.2) is 23.7 Å². The third-order valence-corrected chi connectivity index (χ3v) is 3.97. The molecule has 0 atom stereocenters. The van der Waals surface area contributed by atoms with Crippen molar-refractivity contribution in [2.45, 2.75) is 26.8 Å². The molecule has 2 aromatic rings. The zero-order valence-electron chi connectivity index (χ0n) is 10.8. The Hall–Kier alpha value is -1.39. The average molecular weight is 262 g/mol. The number of rotatable bonds is 5. The molecule has 0 radical (unpaired) electrons. The monoisotopic (exact) mass is 262 g/mol. The van der Waals surface area contributed by atoms with E-state index in [9.17, 15) is 0 Å². The first-order valence-corrected chi connectivity index (χ1v) is 6.90. The van der Waals surface area contributed by atoms with E-state index in [1.165, 1.54) is 16.0 Å². The molecule has 0 amide bonds. The summed E-state index contributed by atoms with van der Waals surface area (Å²) in [7, 11) is 0. The quantitative estimate of drug-likeness (QED) is 0.901. The first kappa shape index (κ1) is 13.1. The molecule has 0 unspecified atom stereocenters. The summed E-state index contributed by atoms with van der Waals surface area (Å²) in [6.07, 6.45) is 0.911. The zero-order valence-corrected chi connectivity index (χ0v) is 11.6. The number of ether oxygens (including phenoxy) is 1. The molecule has 3 nitrogen and oxygen atoms in total. The maximum Gasteiger partial charge on any atom is 0.119 e. The van der Waals surface area contributed by atoms with E-state index < -0.39 is 0 Å². The Balaban J connectivity index is 1.91. The molecule has 4 heteroatoms. The first-order valence-electron chi connectivity index (χ1n) is 6.02. The van der Waals surface area contributed by atoms with Crippen LogP contribution in [0.1, 0.15) is 21.7 Å². The van der Waals surface area contributed by atoms with Crippen LogP contribution in [0, 0.1) is 13.8 Å². The molecule has 0 aliphatic rings. The molecule has 0 aliphatic carbocycles. The van der Waals surface area contributed by atoms with Crippen molar-refractivity contribution in [2.75, 3.05) is 6.61 Å². The Morgan fingerprint density at radius 1 is 1.33 bits per heavy atom. The van der Waals surface area contributed by atoms with E-state index in [4.69, 9.17) is 10.5 Å².